The Morgan fingerprint density at radius 1 is 0.800 bits per heavy atom. The Hall–Kier alpha value is -4.32. The molecule has 0 bridgehead atoms. The van der Waals surface area contributed by atoms with Crippen LogP contribution in [0, 0.1) is 10.1 Å². The van der Waals surface area contributed by atoms with Gasteiger partial charge in [-0.3, -0.25) is 14.9 Å². The zero-order valence-corrected chi connectivity index (χ0v) is 15.8. The number of ether oxygens (including phenoxy) is 1. The summed E-state index contributed by atoms with van der Waals surface area (Å²) in [6.07, 6.45) is 5.83. The molecule has 0 radical (unpaired) electrons. The maximum absolute atomic E-state index is 12.3. The number of non-ortho nitro benzene ring substituents is 1. The molecule has 6 heteroatoms. The van der Waals surface area contributed by atoms with Crippen molar-refractivity contribution >= 4 is 29.6 Å². The number of nitrogens with zero attached hydrogens (tertiary/aromatic N) is 1. The summed E-state index contributed by atoms with van der Waals surface area (Å²) in [5.41, 5.74) is 1.78. The minimum absolute atomic E-state index is 0.0444. The van der Waals surface area contributed by atoms with Crippen LogP contribution in [0.3, 0.4) is 0 Å². The number of carbonyl (C=O) groups is 2. The summed E-state index contributed by atoms with van der Waals surface area (Å²) in [5.74, 6) is -0.483. The summed E-state index contributed by atoms with van der Waals surface area (Å²) < 4.78 is 5.22. The van der Waals surface area contributed by atoms with E-state index in [1.54, 1.807) is 30.3 Å². The van der Waals surface area contributed by atoms with Crippen LogP contribution in [-0.2, 0) is 4.79 Å². The second-order valence-corrected chi connectivity index (χ2v) is 6.24. The molecule has 0 fully saturated rings. The van der Waals surface area contributed by atoms with Crippen LogP contribution in [0.1, 0.15) is 21.5 Å². The van der Waals surface area contributed by atoms with Gasteiger partial charge in [-0.1, -0.05) is 48.5 Å². The molecule has 3 aromatic carbocycles. The predicted molar refractivity (Wildman–Crippen MR) is 114 cm³/mol. The number of hydrogen-bond acceptors (Lipinski definition) is 5. The van der Waals surface area contributed by atoms with Crippen molar-refractivity contribution in [2.75, 3.05) is 0 Å². The Labute approximate surface area is 172 Å². The molecule has 0 unspecified atom stereocenters. The number of esters is 1. The van der Waals surface area contributed by atoms with Gasteiger partial charge in [-0.25, -0.2) is 4.79 Å². The summed E-state index contributed by atoms with van der Waals surface area (Å²) in [4.78, 5) is 34.5. The molecule has 0 aliphatic carbocycles. The number of allylic oxidation sites excluding steroid dienone is 1. The lowest BCUT2D eigenvalue weighted by molar-refractivity contribution is -0.384. The quantitative estimate of drug-likeness (QED) is 0.138. The fourth-order valence-corrected chi connectivity index (χ4v) is 2.58. The average molecular weight is 399 g/mol. The lowest BCUT2D eigenvalue weighted by Gasteiger charge is -2.02. The van der Waals surface area contributed by atoms with Crippen molar-refractivity contribution in [2.45, 2.75) is 0 Å². The van der Waals surface area contributed by atoms with Gasteiger partial charge in [-0.2, -0.15) is 0 Å². The Morgan fingerprint density at radius 2 is 1.47 bits per heavy atom. The minimum Gasteiger partial charge on any atom is -0.423 e. The molecule has 6 nitrogen and oxygen atoms in total. The Morgan fingerprint density at radius 3 is 2.17 bits per heavy atom. The Balaban J connectivity index is 1.60. The standard InChI is InChI=1S/C24H17NO5/c26-23(15-9-19-7-4-8-21(17-19)25(28)29)20-11-13-22(14-12-20)30-24(27)16-10-18-5-2-1-3-6-18/h1-17H/b15-9+,16-10+. The molecule has 0 heterocycles. The van der Waals surface area contributed by atoms with Crippen molar-refractivity contribution < 1.29 is 19.2 Å². The zero-order valence-electron chi connectivity index (χ0n) is 15.8. The van der Waals surface area contributed by atoms with Gasteiger partial charge >= 0.3 is 5.97 Å². The highest BCUT2D eigenvalue weighted by atomic mass is 16.6. The molecular formula is C24H17NO5. The van der Waals surface area contributed by atoms with E-state index < -0.39 is 10.9 Å². The van der Waals surface area contributed by atoms with E-state index in [4.69, 9.17) is 4.74 Å². The molecule has 0 saturated heterocycles. The summed E-state index contributed by atoms with van der Waals surface area (Å²) in [6.45, 7) is 0. The predicted octanol–water partition coefficient (Wildman–Crippen LogP) is 5.11. The van der Waals surface area contributed by atoms with E-state index in [0.717, 1.165) is 5.56 Å². The van der Waals surface area contributed by atoms with Crippen LogP contribution in [-0.4, -0.2) is 16.7 Å². The highest BCUT2D eigenvalue weighted by Crippen LogP contribution is 2.16. The van der Waals surface area contributed by atoms with Crippen LogP contribution >= 0.6 is 0 Å². The van der Waals surface area contributed by atoms with E-state index in [1.165, 1.54) is 42.5 Å². The Kier molecular flexibility index (Phi) is 6.63. The molecule has 0 amide bonds. The monoisotopic (exact) mass is 399 g/mol. The number of carbonyl (C=O) groups excluding carboxylic acids is 2. The first-order valence-corrected chi connectivity index (χ1v) is 9.03. The van der Waals surface area contributed by atoms with Crippen LogP contribution in [0.2, 0.25) is 0 Å². The number of benzene rings is 3. The lowest BCUT2D eigenvalue weighted by atomic mass is 10.1. The SMILES string of the molecule is O=C(/C=C/c1ccccc1)Oc1ccc(C(=O)/C=C/c2cccc([N+](=O)[O-])c2)cc1. The zero-order chi connectivity index (χ0) is 21.3. The number of hydrogen-bond donors (Lipinski definition) is 0. The first kappa shape index (κ1) is 20.4. The maximum Gasteiger partial charge on any atom is 0.336 e. The van der Waals surface area contributed by atoms with Crippen molar-refractivity contribution in [1.29, 1.82) is 0 Å². The van der Waals surface area contributed by atoms with Crippen LogP contribution < -0.4 is 4.74 Å². The van der Waals surface area contributed by atoms with E-state index in [-0.39, 0.29) is 11.5 Å². The van der Waals surface area contributed by atoms with Crippen LogP contribution in [0.25, 0.3) is 12.2 Å². The summed E-state index contributed by atoms with van der Waals surface area (Å²) in [7, 11) is 0. The maximum atomic E-state index is 12.3. The first-order chi connectivity index (χ1) is 14.5. The molecular weight excluding hydrogens is 382 g/mol. The van der Waals surface area contributed by atoms with E-state index in [2.05, 4.69) is 0 Å². The van der Waals surface area contributed by atoms with Gasteiger partial charge in [0, 0.05) is 23.8 Å². The van der Waals surface area contributed by atoms with Gasteiger partial charge in [-0.05, 0) is 47.5 Å². The van der Waals surface area contributed by atoms with Gasteiger partial charge < -0.3 is 4.74 Å². The number of ketones is 1. The highest BCUT2D eigenvalue weighted by Gasteiger charge is 2.06. The van der Waals surface area contributed by atoms with Crippen LogP contribution in [0.15, 0.2) is 91.0 Å². The van der Waals surface area contributed by atoms with E-state index in [0.29, 0.717) is 16.9 Å². The molecule has 30 heavy (non-hydrogen) atoms. The van der Waals surface area contributed by atoms with E-state index in [1.807, 2.05) is 30.3 Å². The average Bonchev–Trinajstić information content (AvgIpc) is 2.77. The van der Waals surface area contributed by atoms with E-state index in [9.17, 15) is 19.7 Å². The molecule has 0 N–H and O–H groups in total. The van der Waals surface area contributed by atoms with Crippen molar-refractivity contribution in [3.05, 3.63) is 118 Å². The third kappa shape index (κ3) is 5.84. The number of nitro benzene ring substituents is 1. The molecule has 0 aliphatic heterocycles. The molecule has 0 saturated carbocycles. The fourth-order valence-electron chi connectivity index (χ4n) is 2.58. The largest absolute Gasteiger partial charge is 0.423 e. The van der Waals surface area contributed by atoms with Gasteiger partial charge in [0.25, 0.3) is 5.69 Å². The summed E-state index contributed by atoms with van der Waals surface area (Å²) >= 11 is 0. The van der Waals surface area contributed by atoms with Crippen LogP contribution in [0.5, 0.6) is 5.75 Å². The van der Waals surface area contributed by atoms with Gasteiger partial charge in [0.05, 0.1) is 4.92 Å². The smallest absolute Gasteiger partial charge is 0.336 e. The van der Waals surface area contributed by atoms with Crippen molar-refractivity contribution in [2.24, 2.45) is 0 Å². The Bertz CT molecular complexity index is 1120. The highest BCUT2D eigenvalue weighted by molar-refractivity contribution is 6.06. The molecule has 3 aromatic rings. The number of nitro groups is 1. The van der Waals surface area contributed by atoms with Gasteiger partial charge in [0.2, 0.25) is 0 Å². The molecule has 0 aromatic heterocycles. The summed E-state index contributed by atoms with van der Waals surface area (Å²) in [5, 5.41) is 10.8. The van der Waals surface area contributed by atoms with Gasteiger partial charge in [0.1, 0.15) is 5.75 Å². The van der Waals surface area contributed by atoms with E-state index >= 15 is 0 Å². The van der Waals surface area contributed by atoms with Crippen molar-refractivity contribution in [1.82, 2.24) is 0 Å². The third-order valence-corrected chi connectivity index (χ3v) is 4.08. The van der Waals surface area contributed by atoms with Crippen molar-refractivity contribution in [3.63, 3.8) is 0 Å². The molecule has 3 rings (SSSR count). The lowest BCUT2D eigenvalue weighted by Crippen LogP contribution is -2.04. The molecule has 0 aliphatic rings. The molecule has 0 spiro atoms. The third-order valence-electron chi connectivity index (χ3n) is 4.08. The van der Waals surface area contributed by atoms with Crippen molar-refractivity contribution in [3.8, 4) is 5.75 Å². The molecule has 148 valence electrons. The van der Waals surface area contributed by atoms with Gasteiger partial charge in [-0.15, -0.1) is 0 Å². The van der Waals surface area contributed by atoms with Crippen LogP contribution in [0.4, 0.5) is 5.69 Å². The minimum atomic E-state index is -0.525. The second-order valence-electron chi connectivity index (χ2n) is 6.24. The normalized spacial score (nSPS) is 10.9. The topological polar surface area (TPSA) is 86.5 Å². The molecule has 0 atom stereocenters. The second kappa shape index (κ2) is 9.75. The number of rotatable bonds is 7. The first-order valence-electron chi connectivity index (χ1n) is 9.03. The summed E-state index contributed by atoms with van der Waals surface area (Å²) in [6, 6.07) is 21.5. The van der Waals surface area contributed by atoms with Gasteiger partial charge in [0.15, 0.2) is 5.78 Å². The fraction of sp³-hybridized carbons (Fsp3) is 0.